The molecule has 12 heteroatoms. The van der Waals surface area contributed by atoms with E-state index in [2.05, 4.69) is 9.53 Å². The average Bonchev–Trinajstić information content (AvgIpc) is 2.60. The molecule has 1 aromatic rings. The number of rotatable bonds is 6. The Morgan fingerprint density at radius 1 is 1.15 bits per heavy atom. The largest absolute Gasteiger partial charge is 0.505 e. The van der Waals surface area contributed by atoms with Crippen LogP contribution in [0.15, 0.2) is 35.2 Å². The van der Waals surface area contributed by atoms with Crippen LogP contribution < -0.4 is 0 Å². The number of sulfone groups is 2. The molecule has 0 aliphatic heterocycles. The maximum atomic E-state index is 14.2. The zero-order valence-electron chi connectivity index (χ0n) is 14.7. The molecule has 0 amide bonds. The summed E-state index contributed by atoms with van der Waals surface area (Å²) in [5, 5.41) is -4.84. The Kier molecular flexibility index (Phi) is 6.63. The fourth-order valence-electron chi connectivity index (χ4n) is 1.65. The van der Waals surface area contributed by atoms with E-state index in [1.165, 1.54) is 32.0 Å². The predicted octanol–water partition coefficient (Wildman–Crippen LogP) is 2.03. The van der Waals surface area contributed by atoms with Crippen molar-refractivity contribution in [3.63, 3.8) is 0 Å². The van der Waals surface area contributed by atoms with Gasteiger partial charge in [0.15, 0.2) is 6.61 Å². The number of esters is 1. The summed E-state index contributed by atoms with van der Waals surface area (Å²) in [6.45, 7) is 2.48. The van der Waals surface area contributed by atoms with E-state index in [-0.39, 0.29) is 6.42 Å². The predicted molar refractivity (Wildman–Crippen MR) is 91.2 cm³/mol. The van der Waals surface area contributed by atoms with Gasteiger partial charge in [-0.3, -0.25) is 4.79 Å². The Bertz CT molecular complexity index is 967. The summed E-state index contributed by atoms with van der Waals surface area (Å²) < 4.78 is 79.5. The summed E-state index contributed by atoms with van der Waals surface area (Å²) in [5.41, 5.74) is 7.71. The third-order valence-electron chi connectivity index (χ3n) is 3.80. The van der Waals surface area contributed by atoms with E-state index in [1.807, 2.05) is 0 Å². The normalized spacial score (nSPS) is 12.9. The third-order valence-corrected chi connectivity index (χ3v) is 7.99. The van der Waals surface area contributed by atoms with Gasteiger partial charge in [0.1, 0.15) is 0 Å². The van der Waals surface area contributed by atoms with Crippen molar-refractivity contribution in [1.82, 2.24) is 0 Å². The van der Waals surface area contributed by atoms with Gasteiger partial charge in [-0.25, -0.2) is 16.8 Å². The van der Waals surface area contributed by atoms with E-state index in [9.17, 15) is 30.4 Å². The molecule has 0 spiro atoms. The van der Waals surface area contributed by atoms with Gasteiger partial charge in [0.25, 0.3) is 9.84 Å². The third kappa shape index (κ3) is 4.57. The Balaban J connectivity index is 3.26. The fourth-order valence-corrected chi connectivity index (χ4v) is 4.86. The minimum Gasteiger partial charge on any atom is -0.458 e. The number of carbonyl (C=O) groups excluding carboxylic acids is 1. The van der Waals surface area contributed by atoms with Crippen LogP contribution in [0.1, 0.15) is 27.2 Å². The van der Waals surface area contributed by atoms with Crippen LogP contribution in [0.5, 0.6) is 0 Å². The molecule has 0 unspecified atom stereocenters. The second-order valence-electron chi connectivity index (χ2n) is 6.14. The number of hydrogen-bond donors (Lipinski definition) is 0. The van der Waals surface area contributed by atoms with E-state index in [4.69, 9.17) is 5.53 Å². The molecule has 0 radical (unpaired) electrons. The lowest BCUT2D eigenvalue weighted by atomic mass is 9.91. The van der Waals surface area contributed by atoms with Gasteiger partial charge >= 0.3 is 25.4 Å². The van der Waals surface area contributed by atoms with Crippen molar-refractivity contribution in [3.05, 3.63) is 35.9 Å². The van der Waals surface area contributed by atoms with Crippen molar-refractivity contribution in [2.75, 3.05) is 6.61 Å². The molecule has 0 fully saturated rings. The first-order valence-corrected chi connectivity index (χ1v) is 10.5. The average molecular weight is 424 g/mol. The van der Waals surface area contributed by atoms with Crippen LogP contribution in [0, 0.1) is 5.41 Å². The Morgan fingerprint density at radius 3 is 2.11 bits per heavy atom. The molecule has 0 atom stereocenters. The molecular weight excluding hydrogens is 406 g/mol. The van der Waals surface area contributed by atoms with Crippen LogP contribution in [-0.2, 0) is 29.2 Å². The van der Waals surface area contributed by atoms with Crippen LogP contribution in [0.25, 0.3) is 5.53 Å². The van der Waals surface area contributed by atoms with Crippen LogP contribution >= 0.6 is 0 Å². The number of hydrogen-bond acceptors (Lipinski definition) is 6. The lowest BCUT2D eigenvalue weighted by Crippen LogP contribution is -2.43. The van der Waals surface area contributed by atoms with Crippen molar-refractivity contribution in [3.8, 4) is 0 Å². The van der Waals surface area contributed by atoms with Crippen molar-refractivity contribution in [1.29, 1.82) is 0 Å². The van der Waals surface area contributed by atoms with Gasteiger partial charge < -0.3 is 10.3 Å². The van der Waals surface area contributed by atoms with Crippen molar-refractivity contribution >= 4 is 30.0 Å². The van der Waals surface area contributed by atoms with Crippen LogP contribution in [0.4, 0.5) is 8.78 Å². The molecule has 150 valence electrons. The molecule has 8 nitrogen and oxygen atoms in total. The first-order chi connectivity index (χ1) is 12.2. The van der Waals surface area contributed by atoms with Gasteiger partial charge in [0.05, 0.1) is 10.3 Å². The lowest BCUT2D eigenvalue weighted by molar-refractivity contribution is -0.159. The quantitative estimate of drug-likeness (QED) is 0.226. The van der Waals surface area contributed by atoms with E-state index in [0.717, 1.165) is 12.1 Å². The summed E-state index contributed by atoms with van der Waals surface area (Å²) in [7, 11) is -11.1. The Hall–Kier alpha value is -2.17. The summed E-state index contributed by atoms with van der Waals surface area (Å²) in [4.78, 5) is 13.2. The maximum Gasteiger partial charge on any atom is 0.505 e. The number of halogens is 2. The SMILES string of the molecule is CCC(C)(C)C(=O)OCC(F)(F)S(=O)(=O)C(=[N+]=[N-])S(=O)(=O)c1ccccc1. The first-order valence-electron chi connectivity index (χ1n) is 7.56. The summed E-state index contributed by atoms with van der Waals surface area (Å²) in [6, 6.07) is 5.74. The van der Waals surface area contributed by atoms with E-state index >= 15 is 0 Å². The molecule has 0 aliphatic carbocycles. The molecule has 27 heavy (non-hydrogen) atoms. The monoisotopic (exact) mass is 424 g/mol. The highest BCUT2D eigenvalue weighted by Gasteiger charge is 2.59. The van der Waals surface area contributed by atoms with Gasteiger partial charge in [-0.1, -0.05) is 25.1 Å². The number of alkyl halides is 2. The second-order valence-corrected chi connectivity index (χ2v) is 10.3. The van der Waals surface area contributed by atoms with Gasteiger partial charge in [0, 0.05) is 0 Å². The zero-order chi connectivity index (χ0) is 21.1. The van der Waals surface area contributed by atoms with Crippen LogP contribution in [-0.4, -0.2) is 43.8 Å². The van der Waals surface area contributed by atoms with Gasteiger partial charge in [-0.05, 0) is 32.4 Å². The molecule has 1 aromatic carbocycles. The number of carbonyl (C=O) groups is 1. The minimum absolute atomic E-state index is 0.232. The van der Waals surface area contributed by atoms with E-state index in [1.54, 1.807) is 6.92 Å². The second kappa shape index (κ2) is 7.83. The van der Waals surface area contributed by atoms with Crippen molar-refractivity contribution in [2.45, 2.75) is 37.3 Å². The van der Waals surface area contributed by atoms with Crippen LogP contribution in [0.2, 0.25) is 0 Å². The van der Waals surface area contributed by atoms with E-state index < -0.39 is 52.2 Å². The first kappa shape index (κ1) is 22.9. The minimum atomic E-state index is -6.00. The highest BCUT2D eigenvalue weighted by molar-refractivity contribution is 8.31. The number of benzene rings is 1. The molecule has 0 heterocycles. The summed E-state index contributed by atoms with van der Waals surface area (Å²) in [6.07, 6.45) is 0.232. The molecule has 0 saturated heterocycles. The highest BCUT2D eigenvalue weighted by Crippen LogP contribution is 2.29. The molecule has 0 bridgehead atoms. The molecule has 0 aliphatic rings. The molecule has 0 saturated carbocycles. The van der Waals surface area contributed by atoms with Gasteiger partial charge in [-0.2, -0.15) is 8.78 Å². The summed E-state index contributed by atoms with van der Waals surface area (Å²) >= 11 is 0. The summed E-state index contributed by atoms with van der Waals surface area (Å²) in [5.74, 6) is -1.09. The molecule has 1 rings (SSSR count). The maximum absolute atomic E-state index is 14.2. The molecule has 0 aromatic heterocycles. The molecular formula is C15H18F2N2O6S2. The lowest BCUT2D eigenvalue weighted by Gasteiger charge is -2.22. The highest BCUT2D eigenvalue weighted by atomic mass is 32.3. The van der Waals surface area contributed by atoms with Crippen LogP contribution in [0.3, 0.4) is 0 Å². The van der Waals surface area contributed by atoms with Crippen molar-refractivity contribution in [2.24, 2.45) is 5.41 Å². The van der Waals surface area contributed by atoms with E-state index in [0.29, 0.717) is 0 Å². The van der Waals surface area contributed by atoms with Gasteiger partial charge in [-0.15, -0.1) is 4.79 Å². The smallest absolute Gasteiger partial charge is 0.458 e. The van der Waals surface area contributed by atoms with Crippen molar-refractivity contribution < 1.29 is 39.9 Å². The number of nitrogens with zero attached hydrogens (tertiary/aromatic N) is 2. The zero-order valence-corrected chi connectivity index (χ0v) is 16.4. The molecule has 0 N–H and O–H groups in total. The fraction of sp³-hybridized carbons (Fsp3) is 0.467. The Morgan fingerprint density at radius 2 is 1.67 bits per heavy atom. The Labute approximate surface area is 155 Å². The standard InChI is InChI=1S/C15H18F2N2O6S2/c1-4-14(2,3)12(20)25-10-15(16,17)27(23,24)13(19-18)26(21,22)11-8-6-5-7-9-11/h5-9H,4,10H2,1-3H3. The van der Waals surface area contributed by atoms with Gasteiger partial charge in [0.2, 0.25) is 0 Å². The topological polar surface area (TPSA) is 131 Å². The number of ether oxygens (including phenoxy) is 1.